The number of amides is 2. The van der Waals surface area contributed by atoms with Crippen molar-refractivity contribution < 1.29 is 53.4 Å². The first-order valence-corrected chi connectivity index (χ1v) is 23.6. The number of aliphatic carboxylic acids is 1. The van der Waals surface area contributed by atoms with Crippen LogP contribution in [0.5, 0.6) is 0 Å². The Labute approximate surface area is 401 Å². The zero-order chi connectivity index (χ0) is 44.7. The van der Waals surface area contributed by atoms with Gasteiger partial charge in [-0.05, 0) is 80.5 Å². The molecule has 4 aromatic carbocycles. The van der Waals surface area contributed by atoms with Crippen LogP contribution >= 0.6 is 0 Å². The van der Waals surface area contributed by atoms with E-state index in [0.29, 0.717) is 45.6 Å². The van der Waals surface area contributed by atoms with Gasteiger partial charge in [-0.15, -0.1) is 0 Å². The predicted octanol–water partition coefficient (Wildman–Crippen LogP) is 7.84. The van der Waals surface area contributed by atoms with Crippen LogP contribution in [0.1, 0.15) is 127 Å². The van der Waals surface area contributed by atoms with Crippen molar-refractivity contribution in [3.05, 3.63) is 143 Å². The second-order valence-corrected chi connectivity index (χ2v) is 17.3. The molecule has 8 rings (SSSR count). The average Bonchev–Trinajstić information content (AvgIpc) is 3.89. The molecule has 0 fully saturated rings. The van der Waals surface area contributed by atoms with Crippen molar-refractivity contribution in [2.75, 3.05) is 19.7 Å². The van der Waals surface area contributed by atoms with Gasteiger partial charge in [0.2, 0.25) is 0 Å². The first-order valence-electron chi connectivity index (χ1n) is 23.6. The van der Waals surface area contributed by atoms with Crippen LogP contribution in [-0.4, -0.2) is 73.0 Å². The molecule has 0 bridgehead atoms. The number of hydrogen-bond acceptors (Lipinski definition) is 6. The van der Waals surface area contributed by atoms with Crippen molar-refractivity contribution >= 4 is 45.6 Å². The molecular formula is C54H65LiN4O7. The fourth-order valence-corrected chi connectivity index (χ4v) is 9.40. The SMILES string of the molecule is CCOC(=O)CCCCCCN(Cc1ccccc1)C(=O)c1cn2c3c(cccc13)CCC2.O=C(O)CCCCCCN(Cc1ccccc1)C(=O)c1cn2c3c(cccc13)CCC2.[Li+].[OH-]. The van der Waals surface area contributed by atoms with E-state index >= 15 is 0 Å². The summed E-state index contributed by atoms with van der Waals surface area (Å²) in [6.45, 7) is 6.78. The minimum atomic E-state index is -0.742. The van der Waals surface area contributed by atoms with Gasteiger partial charge in [-0.25, -0.2) is 0 Å². The number of para-hydroxylation sites is 2. The summed E-state index contributed by atoms with van der Waals surface area (Å²) in [7, 11) is 0. The van der Waals surface area contributed by atoms with Gasteiger partial charge >= 0.3 is 30.8 Å². The van der Waals surface area contributed by atoms with Gasteiger partial charge in [0.15, 0.2) is 0 Å². The third-order valence-electron chi connectivity index (χ3n) is 12.6. The Morgan fingerprint density at radius 3 is 1.45 bits per heavy atom. The van der Waals surface area contributed by atoms with E-state index in [-0.39, 0.29) is 48.5 Å². The molecule has 2 amide bonds. The number of ether oxygens (including phenoxy) is 1. The molecule has 12 heteroatoms. The zero-order valence-corrected chi connectivity index (χ0v) is 39.0. The van der Waals surface area contributed by atoms with Crippen LogP contribution in [0.3, 0.4) is 0 Å². The number of benzene rings is 4. The maximum atomic E-state index is 13.8. The number of esters is 1. The number of rotatable bonds is 21. The van der Waals surface area contributed by atoms with E-state index in [1.807, 2.05) is 59.3 Å². The van der Waals surface area contributed by atoms with Crippen LogP contribution in [-0.2, 0) is 53.3 Å². The molecule has 0 radical (unpaired) electrons. The normalized spacial score (nSPS) is 12.3. The molecule has 0 unspecified atom stereocenters. The van der Waals surface area contributed by atoms with E-state index in [0.717, 1.165) is 117 Å². The number of unbranched alkanes of at least 4 members (excludes halogenated alkanes) is 6. The molecule has 2 N–H and O–H groups in total. The van der Waals surface area contributed by atoms with Gasteiger partial charge in [0, 0.05) is 75.3 Å². The Morgan fingerprint density at radius 2 is 1.02 bits per heavy atom. The van der Waals surface area contributed by atoms with Crippen LogP contribution in [0.15, 0.2) is 109 Å². The molecule has 0 saturated heterocycles. The molecular weight excluding hydrogens is 824 g/mol. The number of aryl methyl sites for hydroxylation is 4. The van der Waals surface area contributed by atoms with Gasteiger partial charge in [-0.1, -0.05) is 123 Å². The largest absolute Gasteiger partial charge is 1.00 e. The smallest absolute Gasteiger partial charge is 0.870 e. The van der Waals surface area contributed by atoms with Crippen LogP contribution in [0.25, 0.3) is 21.8 Å². The number of carboxylic acid groups (broad SMARTS) is 1. The summed E-state index contributed by atoms with van der Waals surface area (Å²) in [4.78, 5) is 53.6. The number of aromatic nitrogens is 2. The Bertz CT molecular complexity index is 2500. The minimum absolute atomic E-state index is 0. The van der Waals surface area contributed by atoms with E-state index < -0.39 is 5.97 Å². The zero-order valence-electron chi connectivity index (χ0n) is 39.0. The number of hydrogen-bond donors (Lipinski definition) is 1. The van der Waals surface area contributed by atoms with E-state index in [9.17, 15) is 19.2 Å². The van der Waals surface area contributed by atoms with E-state index in [1.165, 1.54) is 22.2 Å². The monoisotopic (exact) mass is 889 g/mol. The fraction of sp³-hybridized carbons (Fsp3) is 0.407. The quantitative estimate of drug-likeness (QED) is 0.0441. The number of carboxylic acids is 1. The van der Waals surface area contributed by atoms with Crippen molar-refractivity contribution in [2.24, 2.45) is 0 Å². The van der Waals surface area contributed by atoms with Crippen molar-refractivity contribution in [1.29, 1.82) is 0 Å². The fourth-order valence-electron chi connectivity index (χ4n) is 9.40. The Hall–Kier alpha value is -5.60. The van der Waals surface area contributed by atoms with Crippen molar-refractivity contribution in [2.45, 2.75) is 123 Å². The van der Waals surface area contributed by atoms with Crippen LogP contribution < -0.4 is 18.9 Å². The molecule has 2 aliphatic rings. The molecule has 0 aliphatic carbocycles. The molecule has 0 saturated carbocycles. The third kappa shape index (κ3) is 13.5. The van der Waals surface area contributed by atoms with Gasteiger partial charge in [0.25, 0.3) is 11.8 Å². The second-order valence-electron chi connectivity index (χ2n) is 17.3. The summed E-state index contributed by atoms with van der Waals surface area (Å²) in [5.74, 6) is -0.675. The summed E-state index contributed by atoms with van der Waals surface area (Å²) in [5, 5.41) is 10.9. The van der Waals surface area contributed by atoms with Crippen LogP contribution in [0.2, 0.25) is 0 Å². The molecule has 6 aromatic rings. The summed E-state index contributed by atoms with van der Waals surface area (Å²) in [5.41, 5.74) is 8.98. The Kier molecular flexibility index (Phi) is 20.2. The van der Waals surface area contributed by atoms with E-state index in [2.05, 4.69) is 76.0 Å². The second kappa shape index (κ2) is 25.9. The molecule has 2 aliphatic heterocycles. The first kappa shape index (κ1) is 51.4. The van der Waals surface area contributed by atoms with Crippen LogP contribution in [0.4, 0.5) is 0 Å². The third-order valence-corrected chi connectivity index (χ3v) is 12.6. The number of carbonyl (C=O) groups excluding carboxylic acids is 3. The molecule has 2 aromatic heterocycles. The van der Waals surface area contributed by atoms with E-state index in [1.54, 1.807) is 0 Å². The average molecular weight is 889 g/mol. The van der Waals surface area contributed by atoms with Gasteiger partial charge in [-0.3, -0.25) is 19.2 Å². The van der Waals surface area contributed by atoms with Crippen molar-refractivity contribution in [1.82, 2.24) is 18.9 Å². The molecule has 11 nitrogen and oxygen atoms in total. The Morgan fingerprint density at radius 1 is 0.576 bits per heavy atom. The standard InChI is InChI=1S/C28H34N2O3.C26H30N2O3.Li.H2O/c1-2-33-26(31)17-8-3-4-9-18-30(20-22-12-6-5-7-13-22)28(32)25-21-29-19-11-15-23-14-10-16-24(25)27(23)29;29-24(30)15-6-1-2-7-16-28(18-20-10-4-3-5-11-20)26(31)23-19-27-17-9-13-21-12-8-14-22(23)25(21)27;;/h5-7,10,12-14,16,21H,2-4,8-9,11,15,17-20H2,1H3;3-5,8,10-12,14,19H,1-2,6-7,9,13,15-18H2,(H,29,30);;1H2/q;;+1;/p-1. The molecule has 0 atom stereocenters. The van der Waals surface area contributed by atoms with E-state index in [4.69, 9.17) is 9.84 Å². The maximum absolute atomic E-state index is 13.8. The number of carbonyl (C=O) groups is 4. The molecule has 344 valence electrons. The first-order chi connectivity index (χ1) is 31.3. The number of nitrogens with zero attached hydrogens (tertiary/aromatic N) is 4. The van der Waals surface area contributed by atoms with Crippen molar-refractivity contribution in [3.63, 3.8) is 0 Å². The van der Waals surface area contributed by atoms with Gasteiger partial charge in [0.05, 0.1) is 28.8 Å². The van der Waals surface area contributed by atoms with Crippen LogP contribution in [0, 0.1) is 0 Å². The summed E-state index contributed by atoms with van der Waals surface area (Å²) in [6, 6.07) is 33.0. The summed E-state index contributed by atoms with van der Waals surface area (Å²) < 4.78 is 9.50. The predicted molar refractivity (Wildman–Crippen MR) is 255 cm³/mol. The Balaban J connectivity index is 0.000000241. The topological polar surface area (TPSA) is 144 Å². The molecule has 0 spiro atoms. The van der Waals surface area contributed by atoms with Gasteiger partial charge in [0.1, 0.15) is 0 Å². The van der Waals surface area contributed by atoms with Gasteiger partial charge in [-0.2, -0.15) is 0 Å². The maximum Gasteiger partial charge on any atom is 1.00 e. The molecule has 66 heavy (non-hydrogen) atoms. The molecule has 4 heterocycles. The summed E-state index contributed by atoms with van der Waals surface area (Å²) >= 11 is 0. The summed E-state index contributed by atoms with van der Waals surface area (Å²) in [6.07, 6.45) is 16.3. The van der Waals surface area contributed by atoms with Gasteiger partial charge < -0.3 is 34.3 Å². The van der Waals surface area contributed by atoms with Crippen molar-refractivity contribution in [3.8, 4) is 0 Å². The minimum Gasteiger partial charge on any atom is -0.870 e.